The highest BCUT2D eigenvalue weighted by molar-refractivity contribution is 8.26. The third kappa shape index (κ3) is 7.96. The van der Waals surface area contributed by atoms with E-state index in [2.05, 4.69) is 4.98 Å². The average molecular weight is 614 g/mol. The Bertz CT molecular complexity index is 1540. The number of benzene rings is 1. The van der Waals surface area contributed by atoms with Gasteiger partial charge in [-0.05, 0) is 49.6 Å². The fourth-order valence-electron chi connectivity index (χ4n) is 4.56. The third-order valence-corrected chi connectivity index (χ3v) is 8.45. The molecule has 3 aromatic rings. The minimum Gasteiger partial charge on any atom is -0.481 e. The van der Waals surface area contributed by atoms with Crippen molar-refractivity contribution in [3.63, 3.8) is 0 Å². The zero-order valence-corrected chi connectivity index (χ0v) is 25.2. The van der Waals surface area contributed by atoms with E-state index in [1.165, 1.54) is 10.5 Å². The van der Waals surface area contributed by atoms with E-state index in [9.17, 15) is 14.4 Å². The number of carboxylic acid groups (broad SMARTS) is 1. The molecule has 1 aliphatic heterocycles. The van der Waals surface area contributed by atoms with Gasteiger partial charge in [0.1, 0.15) is 21.3 Å². The summed E-state index contributed by atoms with van der Waals surface area (Å²) < 4.78 is 7.93. The van der Waals surface area contributed by atoms with E-state index in [1.807, 2.05) is 13.0 Å². The maximum absolute atomic E-state index is 13.6. The largest absolute Gasteiger partial charge is 0.481 e. The quantitative estimate of drug-likeness (QED) is 0.115. The molecule has 0 aliphatic carbocycles. The van der Waals surface area contributed by atoms with Gasteiger partial charge in [-0.15, -0.1) is 0 Å². The lowest BCUT2D eigenvalue weighted by Gasteiger charge is -2.14. The Morgan fingerprint density at radius 2 is 1.73 bits per heavy atom. The van der Waals surface area contributed by atoms with Gasteiger partial charge < -0.3 is 9.84 Å². The number of fused-ring (bicyclic) bond motifs is 1. The van der Waals surface area contributed by atoms with Gasteiger partial charge in [0.15, 0.2) is 0 Å². The summed E-state index contributed by atoms with van der Waals surface area (Å²) in [5, 5.41) is 9.07. The molecule has 1 amide bonds. The highest BCUT2D eigenvalue weighted by Crippen LogP contribution is 2.35. The lowest BCUT2D eigenvalue weighted by molar-refractivity contribution is -0.137. The molecule has 0 saturated carbocycles. The highest BCUT2D eigenvalue weighted by Gasteiger charge is 2.32. The summed E-state index contributed by atoms with van der Waals surface area (Å²) in [4.78, 5) is 44.0. The minimum atomic E-state index is -0.738. The minimum absolute atomic E-state index is 0.0608. The Morgan fingerprint density at radius 3 is 2.44 bits per heavy atom. The van der Waals surface area contributed by atoms with E-state index in [4.69, 9.17) is 33.7 Å². The van der Waals surface area contributed by atoms with Crippen molar-refractivity contribution in [3.05, 3.63) is 74.0 Å². The Hall–Kier alpha value is -3.21. The van der Waals surface area contributed by atoms with Crippen LogP contribution in [0.2, 0.25) is 5.02 Å². The normalized spacial score (nSPS) is 14.4. The number of hydrogen-bond acceptors (Lipinski definition) is 7. The second-order valence-corrected chi connectivity index (χ2v) is 11.9. The number of hydrogen-bond donors (Lipinski definition) is 1. The molecular weight excluding hydrogens is 582 g/mol. The molecule has 4 rings (SSSR count). The van der Waals surface area contributed by atoms with Crippen molar-refractivity contribution in [2.75, 3.05) is 6.54 Å². The molecule has 3 heterocycles. The highest BCUT2D eigenvalue weighted by atomic mass is 35.5. The Morgan fingerprint density at radius 1 is 1.05 bits per heavy atom. The van der Waals surface area contributed by atoms with E-state index in [-0.39, 0.29) is 29.3 Å². The summed E-state index contributed by atoms with van der Waals surface area (Å²) in [6, 6.07) is 10.5. The Kier molecular flexibility index (Phi) is 11.0. The number of halogens is 1. The van der Waals surface area contributed by atoms with Crippen molar-refractivity contribution in [2.24, 2.45) is 0 Å². The molecule has 0 unspecified atom stereocenters. The molecule has 11 heteroatoms. The van der Waals surface area contributed by atoms with Crippen LogP contribution in [0.15, 0.2) is 52.3 Å². The van der Waals surface area contributed by atoms with Crippen LogP contribution in [0.1, 0.15) is 68.9 Å². The molecule has 1 fully saturated rings. The zero-order chi connectivity index (χ0) is 29.4. The van der Waals surface area contributed by atoms with Crippen molar-refractivity contribution >= 4 is 63.5 Å². The number of amides is 1. The summed E-state index contributed by atoms with van der Waals surface area (Å²) in [6.45, 7) is 2.37. The monoisotopic (exact) mass is 613 g/mol. The van der Waals surface area contributed by atoms with Crippen molar-refractivity contribution < 1.29 is 19.4 Å². The van der Waals surface area contributed by atoms with Gasteiger partial charge in [0.05, 0.1) is 9.93 Å². The second-order valence-electron chi connectivity index (χ2n) is 9.86. The predicted octanol–water partition coefficient (Wildman–Crippen LogP) is 7.25. The fraction of sp³-hybridized carbons (Fsp3) is 0.367. The number of carbonyl (C=O) groups excluding carboxylic acids is 1. The number of thiocarbonyl (C=S) groups is 1. The Labute approximate surface area is 253 Å². The lowest BCUT2D eigenvalue weighted by Crippen LogP contribution is -2.29. The van der Waals surface area contributed by atoms with Crippen LogP contribution >= 0.6 is 35.6 Å². The first kappa shape index (κ1) is 30.7. The van der Waals surface area contributed by atoms with Crippen molar-refractivity contribution in [1.82, 2.24) is 14.3 Å². The summed E-state index contributed by atoms with van der Waals surface area (Å²) in [5.41, 5.74) is 1.01. The first-order valence-corrected chi connectivity index (χ1v) is 15.3. The maximum atomic E-state index is 13.6. The molecule has 8 nitrogen and oxygen atoms in total. The van der Waals surface area contributed by atoms with E-state index >= 15 is 0 Å². The second kappa shape index (κ2) is 14.6. The lowest BCUT2D eigenvalue weighted by atomic mass is 10.1. The number of nitrogens with zero attached hydrogens (tertiary/aromatic N) is 3. The predicted molar refractivity (Wildman–Crippen MR) is 167 cm³/mol. The first-order chi connectivity index (χ1) is 19.8. The van der Waals surface area contributed by atoms with Crippen LogP contribution in [0.4, 0.5) is 0 Å². The van der Waals surface area contributed by atoms with E-state index < -0.39 is 5.97 Å². The Balaban J connectivity index is 1.44. The van der Waals surface area contributed by atoms with E-state index in [0.717, 1.165) is 68.7 Å². The molecule has 1 aliphatic rings. The summed E-state index contributed by atoms with van der Waals surface area (Å²) in [7, 11) is 0. The number of carboxylic acids is 1. The van der Waals surface area contributed by atoms with Crippen molar-refractivity contribution in [1.29, 1.82) is 0 Å². The molecule has 216 valence electrons. The molecule has 1 saturated heterocycles. The van der Waals surface area contributed by atoms with Gasteiger partial charge in [-0.3, -0.25) is 23.7 Å². The molecule has 0 bridgehead atoms. The van der Waals surface area contributed by atoms with Crippen molar-refractivity contribution in [3.8, 4) is 11.6 Å². The number of thioether (sulfide) groups is 1. The van der Waals surface area contributed by atoms with Gasteiger partial charge in [0.25, 0.3) is 11.5 Å². The van der Waals surface area contributed by atoms with Crippen LogP contribution in [0.25, 0.3) is 11.7 Å². The number of pyridine rings is 1. The topological polar surface area (TPSA) is 101 Å². The van der Waals surface area contributed by atoms with Crippen LogP contribution in [0.3, 0.4) is 0 Å². The maximum Gasteiger partial charge on any atom is 0.303 e. The van der Waals surface area contributed by atoms with Crippen LogP contribution in [-0.2, 0) is 9.59 Å². The molecule has 0 spiro atoms. The smallest absolute Gasteiger partial charge is 0.303 e. The summed E-state index contributed by atoms with van der Waals surface area (Å²) in [6.07, 6.45) is 11.1. The fourth-order valence-corrected chi connectivity index (χ4v) is 6.02. The number of aromatic nitrogens is 2. The molecule has 1 aromatic carbocycles. The van der Waals surface area contributed by atoms with Gasteiger partial charge in [-0.25, -0.2) is 0 Å². The number of aliphatic carboxylic acids is 1. The number of para-hydroxylation sites is 1. The number of rotatable bonds is 14. The molecule has 0 radical (unpaired) electrons. The first-order valence-electron chi connectivity index (χ1n) is 13.7. The average Bonchev–Trinajstić information content (AvgIpc) is 3.20. The number of aryl methyl sites for hydroxylation is 1. The standard InChI is InChI=1S/C30H32ClN3O5S2/c1-20-13-12-18-33-26(20)32-27(39-23-15-10-9-14-22(23)31)21(28(33)37)19-24-29(38)34(30(40)41-24)17-11-7-5-3-2-4-6-8-16-25(35)36/h9-10,12-15,18-19H,2-8,11,16-17H2,1H3,(H,35,36)/b24-19+. The van der Waals surface area contributed by atoms with Gasteiger partial charge >= 0.3 is 5.97 Å². The molecule has 2 aromatic heterocycles. The van der Waals surface area contributed by atoms with Crippen molar-refractivity contribution in [2.45, 2.75) is 64.7 Å². The van der Waals surface area contributed by atoms with Crippen LogP contribution in [-0.4, -0.2) is 42.1 Å². The molecule has 0 atom stereocenters. The molecule has 41 heavy (non-hydrogen) atoms. The summed E-state index contributed by atoms with van der Waals surface area (Å²) >= 11 is 13.0. The number of ether oxygens (including phenoxy) is 1. The molecular formula is C30H32ClN3O5S2. The third-order valence-electron chi connectivity index (χ3n) is 6.76. The van der Waals surface area contributed by atoms with Gasteiger partial charge in [0.2, 0.25) is 5.88 Å². The summed E-state index contributed by atoms with van der Waals surface area (Å²) in [5.74, 6) is -0.569. The van der Waals surface area contributed by atoms with Crippen LogP contribution in [0, 0.1) is 6.92 Å². The van der Waals surface area contributed by atoms with Gasteiger partial charge in [-0.1, -0.05) is 92.3 Å². The van der Waals surface area contributed by atoms with E-state index in [1.54, 1.807) is 41.4 Å². The van der Waals surface area contributed by atoms with Gasteiger partial charge in [0, 0.05) is 19.2 Å². The number of unbranched alkanes of at least 4 members (excludes halogenated alkanes) is 7. The van der Waals surface area contributed by atoms with Gasteiger partial charge in [-0.2, -0.15) is 4.98 Å². The molecule has 1 N–H and O–H groups in total. The van der Waals surface area contributed by atoms with Crippen LogP contribution < -0.4 is 10.3 Å². The zero-order valence-electron chi connectivity index (χ0n) is 22.8. The van der Waals surface area contributed by atoms with E-state index in [0.29, 0.717) is 32.2 Å². The SMILES string of the molecule is Cc1cccn2c(=O)c(/C=C3/SC(=S)N(CCCCCCCCCCC(=O)O)C3=O)c(Oc3ccccc3Cl)nc12. The van der Waals surface area contributed by atoms with Crippen LogP contribution in [0.5, 0.6) is 11.6 Å². The number of carbonyl (C=O) groups is 2.